The minimum Gasteiger partial charge on any atom is -0.326 e. The summed E-state index contributed by atoms with van der Waals surface area (Å²) in [7, 11) is 0. The van der Waals surface area contributed by atoms with E-state index in [1.54, 1.807) is 11.8 Å². The predicted octanol–water partition coefficient (Wildman–Crippen LogP) is 4.46. The molecule has 0 aliphatic carbocycles. The Kier molecular flexibility index (Phi) is 3.49. The smallest absolute Gasteiger partial charge is 0.0961 e. The molecule has 1 aromatic heterocycles. The van der Waals surface area contributed by atoms with Crippen molar-refractivity contribution in [2.75, 3.05) is 6.26 Å². The van der Waals surface area contributed by atoms with Gasteiger partial charge in [-0.05, 0) is 42.2 Å². The first-order chi connectivity index (χ1) is 9.26. The molecule has 19 heavy (non-hydrogen) atoms. The van der Waals surface area contributed by atoms with Crippen LogP contribution >= 0.6 is 23.4 Å². The maximum absolute atomic E-state index is 5.97. The fraction of sp³-hybridized carbons (Fsp3) is 0.133. The minimum absolute atomic E-state index is 0.724. The standard InChI is InChI=1S/C15H13ClN2S/c1-19-13-5-2-11(3-6-13)9-18-10-17-14-8-12(16)4-7-15(14)18/h2-8,10H,9H2,1H3. The van der Waals surface area contributed by atoms with Crippen LogP contribution in [0.2, 0.25) is 5.02 Å². The van der Waals surface area contributed by atoms with E-state index in [1.807, 2.05) is 24.5 Å². The Hall–Kier alpha value is -1.45. The predicted molar refractivity (Wildman–Crippen MR) is 82.1 cm³/mol. The van der Waals surface area contributed by atoms with Gasteiger partial charge in [-0.2, -0.15) is 0 Å². The molecule has 0 bridgehead atoms. The minimum atomic E-state index is 0.724. The van der Waals surface area contributed by atoms with Crippen LogP contribution in [0.1, 0.15) is 5.56 Å². The van der Waals surface area contributed by atoms with Gasteiger partial charge in [-0.25, -0.2) is 4.98 Å². The zero-order valence-corrected chi connectivity index (χ0v) is 12.1. The van der Waals surface area contributed by atoms with Crippen molar-refractivity contribution in [3.63, 3.8) is 0 Å². The summed E-state index contributed by atoms with van der Waals surface area (Å²) >= 11 is 7.73. The van der Waals surface area contributed by atoms with E-state index >= 15 is 0 Å². The Balaban J connectivity index is 1.92. The first-order valence-electron chi connectivity index (χ1n) is 5.99. The number of benzene rings is 2. The van der Waals surface area contributed by atoms with Gasteiger partial charge >= 0.3 is 0 Å². The highest BCUT2D eigenvalue weighted by atomic mass is 35.5. The Morgan fingerprint density at radius 2 is 1.95 bits per heavy atom. The second kappa shape index (κ2) is 5.27. The molecule has 96 valence electrons. The van der Waals surface area contributed by atoms with Crippen molar-refractivity contribution in [1.82, 2.24) is 9.55 Å². The van der Waals surface area contributed by atoms with Crippen molar-refractivity contribution in [3.8, 4) is 0 Å². The van der Waals surface area contributed by atoms with Crippen LogP contribution in [0.25, 0.3) is 11.0 Å². The van der Waals surface area contributed by atoms with Crippen LogP contribution in [0.5, 0.6) is 0 Å². The summed E-state index contributed by atoms with van der Waals surface area (Å²) < 4.78 is 2.14. The molecule has 2 nitrogen and oxygen atoms in total. The second-order valence-electron chi connectivity index (χ2n) is 4.35. The third kappa shape index (κ3) is 2.62. The van der Waals surface area contributed by atoms with Gasteiger partial charge in [0.05, 0.1) is 17.4 Å². The molecular formula is C15H13ClN2S. The van der Waals surface area contributed by atoms with Crippen LogP contribution < -0.4 is 0 Å². The largest absolute Gasteiger partial charge is 0.326 e. The monoisotopic (exact) mass is 288 g/mol. The fourth-order valence-corrected chi connectivity index (χ4v) is 2.67. The zero-order valence-electron chi connectivity index (χ0n) is 10.5. The van der Waals surface area contributed by atoms with Crippen LogP contribution in [-0.2, 0) is 6.54 Å². The third-order valence-electron chi connectivity index (χ3n) is 3.10. The lowest BCUT2D eigenvalue weighted by Gasteiger charge is -2.05. The van der Waals surface area contributed by atoms with Crippen LogP contribution in [0.15, 0.2) is 53.7 Å². The molecule has 3 aromatic rings. The number of fused-ring (bicyclic) bond motifs is 1. The van der Waals surface area contributed by atoms with Crippen molar-refractivity contribution in [1.29, 1.82) is 0 Å². The van der Waals surface area contributed by atoms with Gasteiger partial charge in [-0.1, -0.05) is 23.7 Å². The van der Waals surface area contributed by atoms with E-state index in [0.29, 0.717) is 0 Å². The molecule has 0 N–H and O–H groups in total. The fourth-order valence-electron chi connectivity index (χ4n) is 2.09. The molecule has 0 aliphatic heterocycles. The first-order valence-corrected chi connectivity index (χ1v) is 7.60. The zero-order chi connectivity index (χ0) is 13.2. The molecule has 0 fully saturated rings. The lowest BCUT2D eigenvalue weighted by molar-refractivity contribution is 0.823. The Bertz CT molecular complexity index is 704. The number of thioether (sulfide) groups is 1. The number of hydrogen-bond donors (Lipinski definition) is 0. The number of hydrogen-bond acceptors (Lipinski definition) is 2. The van der Waals surface area contributed by atoms with Crippen LogP contribution in [-0.4, -0.2) is 15.8 Å². The van der Waals surface area contributed by atoms with Gasteiger partial charge in [0.25, 0.3) is 0 Å². The van der Waals surface area contributed by atoms with Crippen LogP contribution in [0.4, 0.5) is 0 Å². The SMILES string of the molecule is CSc1ccc(Cn2cnc3cc(Cl)ccc32)cc1. The van der Waals surface area contributed by atoms with E-state index in [-0.39, 0.29) is 0 Å². The van der Waals surface area contributed by atoms with Gasteiger partial charge in [-0.15, -0.1) is 11.8 Å². The van der Waals surface area contributed by atoms with Gasteiger partial charge in [-0.3, -0.25) is 0 Å². The van der Waals surface area contributed by atoms with Crippen molar-refractivity contribution >= 4 is 34.4 Å². The molecule has 0 unspecified atom stereocenters. The van der Waals surface area contributed by atoms with Crippen molar-refractivity contribution in [2.24, 2.45) is 0 Å². The van der Waals surface area contributed by atoms with Gasteiger partial charge in [0.1, 0.15) is 0 Å². The Morgan fingerprint density at radius 3 is 2.68 bits per heavy atom. The molecule has 2 aromatic carbocycles. The Morgan fingerprint density at radius 1 is 1.16 bits per heavy atom. The topological polar surface area (TPSA) is 17.8 Å². The molecule has 0 spiro atoms. The molecule has 1 heterocycles. The van der Waals surface area contributed by atoms with E-state index in [0.717, 1.165) is 22.6 Å². The second-order valence-corrected chi connectivity index (χ2v) is 5.67. The molecule has 0 aliphatic rings. The summed E-state index contributed by atoms with van der Waals surface area (Å²) in [6, 6.07) is 14.4. The highest BCUT2D eigenvalue weighted by molar-refractivity contribution is 7.98. The van der Waals surface area contributed by atoms with E-state index < -0.39 is 0 Å². The number of rotatable bonds is 3. The summed E-state index contributed by atoms with van der Waals surface area (Å²) in [5, 5.41) is 0.724. The molecule has 0 saturated heterocycles. The molecule has 0 saturated carbocycles. The first kappa shape index (κ1) is 12.6. The summed E-state index contributed by atoms with van der Waals surface area (Å²) in [5.41, 5.74) is 3.32. The molecule has 3 rings (SSSR count). The van der Waals surface area contributed by atoms with Gasteiger partial charge in [0.15, 0.2) is 0 Å². The molecule has 4 heteroatoms. The number of nitrogens with zero attached hydrogens (tertiary/aromatic N) is 2. The van der Waals surface area contributed by atoms with Crippen molar-refractivity contribution in [3.05, 3.63) is 59.4 Å². The molecular weight excluding hydrogens is 276 g/mol. The lowest BCUT2D eigenvalue weighted by Crippen LogP contribution is -1.97. The number of halogens is 1. The third-order valence-corrected chi connectivity index (χ3v) is 4.07. The van der Waals surface area contributed by atoms with Gasteiger partial charge in [0.2, 0.25) is 0 Å². The van der Waals surface area contributed by atoms with E-state index in [9.17, 15) is 0 Å². The van der Waals surface area contributed by atoms with Crippen molar-refractivity contribution in [2.45, 2.75) is 11.4 Å². The molecule has 0 radical (unpaired) electrons. The summed E-state index contributed by atoms with van der Waals surface area (Å²) in [6.07, 6.45) is 3.95. The average Bonchev–Trinajstić information content (AvgIpc) is 2.82. The summed E-state index contributed by atoms with van der Waals surface area (Å²) in [5.74, 6) is 0. The van der Waals surface area contributed by atoms with E-state index in [2.05, 4.69) is 40.1 Å². The normalized spacial score (nSPS) is 11.1. The molecule has 0 atom stereocenters. The highest BCUT2D eigenvalue weighted by Crippen LogP contribution is 2.20. The van der Waals surface area contributed by atoms with Gasteiger partial charge < -0.3 is 4.57 Å². The summed E-state index contributed by atoms with van der Waals surface area (Å²) in [4.78, 5) is 5.67. The maximum atomic E-state index is 5.97. The maximum Gasteiger partial charge on any atom is 0.0961 e. The van der Waals surface area contributed by atoms with Gasteiger partial charge in [0, 0.05) is 16.5 Å². The van der Waals surface area contributed by atoms with Crippen molar-refractivity contribution < 1.29 is 0 Å². The lowest BCUT2D eigenvalue weighted by atomic mass is 10.2. The quantitative estimate of drug-likeness (QED) is 0.662. The molecule has 0 amide bonds. The highest BCUT2D eigenvalue weighted by Gasteiger charge is 2.03. The van der Waals surface area contributed by atoms with E-state index in [1.165, 1.54) is 10.5 Å². The Labute approximate surface area is 121 Å². The van der Waals surface area contributed by atoms with E-state index in [4.69, 9.17) is 11.6 Å². The summed E-state index contributed by atoms with van der Waals surface area (Å²) in [6.45, 7) is 0.826. The van der Waals surface area contributed by atoms with Crippen LogP contribution in [0, 0.1) is 0 Å². The number of aromatic nitrogens is 2. The van der Waals surface area contributed by atoms with Crippen LogP contribution in [0.3, 0.4) is 0 Å². The average molecular weight is 289 g/mol. The number of imidazole rings is 1.